The van der Waals surface area contributed by atoms with Crippen LogP contribution in [0.5, 0.6) is 0 Å². The van der Waals surface area contributed by atoms with Gasteiger partial charge in [-0.15, -0.1) is 0 Å². The molecular formula is C60H104O16. The van der Waals surface area contributed by atoms with Gasteiger partial charge >= 0.3 is 47.8 Å². The minimum Gasteiger partial charge on any atom is -0.465 e. The summed E-state index contributed by atoms with van der Waals surface area (Å²) in [6.07, 6.45) is 21.8. The first-order chi connectivity index (χ1) is 35.6. The molecule has 0 aliphatic heterocycles. The SMILES string of the molecule is CCC(C)(C)C(=O)OCCC(=O)OC1(C)CCCC1.CCC(C)C(=O)OCCC(=O)OC1(C)CCCC1.CCC(C)C(=O)OCCC(=O)OC1(CC)CCCC1.CCC1(OC(=O)CCOC(=O)C(C)(C)CC)CCCC1. The third kappa shape index (κ3) is 26.4. The Balaban J connectivity index is 0.000000507. The molecule has 2 unspecified atom stereocenters. The Bertz CT molecular complexity index is 1780. The van der Waals surface area contributed by atoms with E-state index in [9.17, 15) is 38.4 Å². The number of hydrogen-bond acceptors (Lipinski definition) is 16. The Labute approximate surface area is 457 Å². The summed E-state index contributed by atoms with van der Waals surface area (Å²) in [4.78, 5) is 93.2. The van der Waals surface area contributed by atoms with Gasteiger partial charge in [-0.2, -0.15) is 0 Å². The summed E-state index contributed by atoms with van der Waals surface area (Å²) in [6, 6.07) is 0. The molecule has 0 heterocycles. The summed E-state index contributed by atoms with van der Waals surface area (Å²) in [5.41, 5.74) is -2.08. The molecule has 0 amide bonds. The number of rotatable bonds is 26. The summed E-state index contributed by atoms with van der Waals surface area (Å²) < 4.78 is 42.5. The lowest BCUT2D eigenvalue weighted by molar-refractivity contribution is -0.165. The summed E-state index contributed by atoms with van der Waals surface area (Å²) in [7, 11) is 0. The Morgan fingerprint density at radius 2 is 0.645 bits per heavy atom. The van der Waals surface area contributed by atoms with Crippen LogP contribution in [0.25, 0.3) is 0 Å². The summed E-state index contributed by atoms with van der Waals surface area (Å²) >= 11 is 0. The lowest BCUT2D eigenvalue weighted by Gasteiger charge is -2.27. The monoisotopic (exact) mass is 1080 g/mol. The molecule has 4 rings (SSSR count). The molecule has 16 nitrogen and oxygen atoms in total. The fraction of sp³-hybridized carbons (Fsp3) is 0.867. The van der Waals surface area contributed by atoms with E-state index in [1.807, 2.05) is 83.1 Å². The third-order valence-corrected chi connectivity index (χ3v) is 16.1. The largest absolute Gasteiger partial charge is 0.465 e. The molecule has 0 aromatic carbocycles. The molecular weight excluding hydrogens is 977 g/mol. The molecule has 76 heavy (non-hydrogen) atoms. The molecule has 0 N–H and O–H groups in total. The number of carbonyl (C=O) groups is 8. The minimum atomic E-state index is -0.486. The van der Waals surface area contributed by atoms with Crippen molar-refractivity contribution in [2.75, 3.05) is 26.4 Å². The van der Waals surface area contributed by atoms with Crippen molar-refractivity contribution in [1.82, 2.24) is 0 Å². The highest BCUT2D eigenvalue weighted by Crippen LogP contribution is 2.38. The number of ether oxygens (including phenoxy) is 8. The van der Waals surface area contributed by atoms with Gasteiger partial charge in [0.1, 0.15) is 48.8 Å². The Morgan fingerprint density at radius 1 is 0.395 bits per heavy atom. The lowest BCUT2D eigenvalue weighted by Crippen LogP contribution is -2.32. The summed E-state index contributed by atoms with van der Waals surface area (Å²) in [5, 5.41) is 0. The van der Waals surface area contributed by atoms with E-state index in [4.69, 9.17) is 37.9 Å². The minimum absolute atomic E-state index is 0.103. The van der Waals surface area contributed by atoms with Gasteiger partial charge in [-0.05, 0) is 183 Å². The van der Waals surface area contributed by atoms with Crippen LogP contribution in [0.2, 0.25) is 0 Å². The molecule has 0 aromatic rings. The summed E-state index contributed by atoms with van der Waals surface area (Å²) in [6.45, 7) is 27.3. The van der Waals surface area contributed by atoms with Gasteiger partial charge in [0.05, 0.1) is 48.3 Å². The van der Waals surface area contributed by atoms with E-state index >= 15 is 0 Å². The van der Waals surface area contributed by atoms with Crippen LogP contribution < -0.4 is 0 Å². The van der Waals surface area contributed by atoms with Crippen molar-refractivity contribution >= 4 is 47.8 Å². The first-order valence-electron chi connectivity index (χ1n) is 29.2. The van der Waals surface area contributed by atoms with Crippen molar-refractivity contribution in [2.45, 2.75) is 286 Å². The van der Waals surface area contributed by atoms with Crippen LogP contribution in [0.4, 0.5) is 0 Å². The average Bonchev–Trinajstić information content (AvgIpc) is 4.23. The average molecular weight is 1080 g/mol. The molecule has 0 radical (unpaired) electrons. The predicted molar refractivity (Wildman–Crippen MR) is 290 cm³/mol. The molecule has 0 bridgehead atoms. The second-order valence-corrected chi connectivity index (χ2v) is 23.4. The van der Waals surface area contributed by atoms with Gasteiger partial charge in [0.25, 0.3) is 0 Å². The third-order valence-electron chi connectivity index (χ3n) is 16.1. The zero-order chi connectivity index (χ0) is 57.6. The normalized spacial score (nSPS) is 18.5. The van der Waals surface area contributed by atoms with Gasteiger partial charge < -0.3 is 37.9 Å². The van der Waals surface area contributed by atoms with Crippen LogP contribution in [0, 0.1) is 22.7 Å². The standard InChI is InChI=1S/C16H28O4.2C15H26O4.C14H24O4/c1-5-15(3,4)14(18)19-12-9-13(17)20-16(6-2)10-7-8-11-16;1-5-14(2,3)13(17)18-11-8-12(16)19-15(4)9-6-7-10-15;1-4-12(3)14(17)18-11-8-13(16)19-15(5-2)9-6-7-10-15;1-4-11(2)13(16)17-10-7-12(15)18-14(3)8-5-6-9-14/h5-12H2,1-4H3;5-11H2,1-4H3;12H,4-11H2,1-3H3;11H,4-10H2,1-3H3. The van der Waals surface area contributed by atoms with Gasteiger partial charge in [-0.3, -0.25) is 38.4 Å². The van der Waals surface area contributed by atoms with Gasteiger partial charge in [0, 0.05) is 0 Å². The zero-order valence-electron chi connectivity index (χ0n) is 49.9. The van der Waals surface area contributed by atoms with E-state index in [0.29, 0.717) is 6.42 Å². The van der Waals surface area contributed by atoms with Crippen LogP contribution >= 0.6 is 0 Å². The van der Waals surface area contributed by atoms with E-state index in [1.54, 1.807) is 0 Å². The maximum absolute atomic E-state index is 11.9. The highest BCUT2D eigenvalue weighted by molar-refractivity contribution is 5.77. The molecule has 16 heteroatoms. The van der Waals surface area contributed by atoms with Crippen molar-refractivity contribution in [3.8, 4) is 0 Å². The second kappa shape index (κ2) is 34.6. The fourth-order valence-corrected chi connectivity index (χ4v) is 9.00. The molecule has 4 aliphatic carbocycles. The van der Waals surface area contributed by atoms with E-state index < -0.39 is 10.8 Å². The van der Waals surface area contributed by atoms with Crippen LogP contribution in [0.1, 0.15) is 264 Å². The van der Waals surface area contributed by atoms with Gasteiger partial charge in [-0.25, -0.2) is 0 Å². The van der Waals surface area contributed by atoms with Crippen molar-refractivity contribution in [2.24, 2.45) is 22.7 Å². The topological polar surface area (TPSA) is 210 Å². The lowest BCUT2D eigenvalue weighted by atomic mass is 9.91. The maximum atomic E-state index is 11.9. The van der Waals surface area contributed by atoms with Gasteiger partial charge in [-0.1, -0.05) is 55.4 Å². The van der Waals surface area contributed by atoms with Crippen molar-refractivity contribution in [1.29, 1.82) is 0 Å². The molecule has 2 atom stereocenters. The molecule has 0 spiro atoms. The molecule has 4 fully saturated rings. The van der Waals surface area contributed by atoms with Crippen LogP contribution in [-0.2, 0) is 76.3 Å². The van der Waals surface area contributed by atoms with Crippen molar-refractivity contribution in [3.63, 3.8) is 0 Å². The van der Waals surface area contributed by atoms with E-state index in [-0.39, 0.29) is 134 Å². The van der Waals surface area contributed by atoms with Crippen LogP contribution in [-0.4, -0.2) is 96.6 Å². The van der Waals surface area contributed by atoms with Gasteiger partial charge in [0.2, 0.25) is 0 Å². The van der Waals surface area contributed by atoms with Gasteiger partial charge in [0.15, 0.2) is 0 Å². The first kappa shape index (κ1) is 69.8. The quantitative estimate of drug-likeness (QED) is 0.0582. The molecule has 4 saturated carbocycles. The Morgan fingerprint density at radius 3 is 0.895 bits per heavy atom. The Kier molecular flexibility index (Phi) is 31.8. The van der Waals surface area contributed by atoms with E-state index in [1.165, 1.54) is 0 Å². The number of hydrogen-bond donors (Lipinski definition) is 0. The molecule has 440 valence electrons. The summed E-state index contributed by atoms with van der Waals surface area (Å²) in [5.74, 6) is -2.23. The number of esters is 8. The first-order valence-corrected chi connectivity index (χ1v) is 29.2. The predicted octanol–water partition coefficient (Wildman–Crippen LogP) is 12.9. The fourth-order valence-electron chi connectivity index (χ4n) is 9.00. The highest BCUT2D eigenvalue weighted by Gasteiger charge is 2.38. The molecule has 0 saturated heterocycles. The van der Waals surface area contributed by atoms with Crippen molar-refractivity contribution in [3.05, 3.63) is 0 Å². The zero-order valence-corrected chi connectivity index (χ0v) is 49.9. The Hall–Kier alpha value is -4.24. The smallest absolute Gasteiger partial charge is 0.311 e. The van der Waals surface area contributed by atoms with E-state index in [2.05, 4.69) is 13.8 Å². The number of carbonyl (C=O) groups excluding carboxylic acids is 8. The maximum Gasteiger partial charge on any atom is 0.311 e. The van der Waals surface area contributed by atoms with Crippen molar-refractivity contribution < 1.29 is 76.3 Å². The molecule has 0 aromatic heterocycles. The molecule has 4 aliphatic rings. The van der Waals surface area contributed by atoms with Crippen LogP contribution in [0.15, 0.2) is 0 Å². The highest BCUT2D eigenvalue weighted by atomic mass is 16.6. The second-order valence-electron chi connectivity index (χ2n) is 23.4. The van der Waals surface area contributed by atoms with E-state index in [0.717, 1.165) is 135 Å². The van der Waals surface area contributed by atoms with Crippen LogP contribution in [0.3, 0.4) is 0 Å².